The van der Waals surface area contributed by atoms with E-state index in [0.717, 1.165) is 77.8 Å². The number of aliphatic imine (C=N–C) groups is 1. The number of aryl methyl sites for hydroxylation is 1. The largest absolute Gasteiger partial charge is 0.381 e. The number of benzene rings is 1. The summed E-state index contributed by atoms with van der Waals surface area (Å²) in [5.41, 5.74) is 2.57. The molecular weight excluding hydrogens is 479 g/mol. The van der Waals surface area contributed by atoms with Gasteiger partial charge in [-0.2, -0.15) is 0 Å². The van der Waals surface area contributed by atoms with Crippen molar-refractivity contribution < 1.29 is 9.47 Å². The first kappa shape index (κ1) is 26.0. The molecular formula is C22H39IN4O2. The highest BCUT2D eigenvalue weighted by atomic mass is 127. The Hall–Kier alpha value is -1.06. The van der Waals surface area contributed by atoms with Crippen LogP contribution in [0.2, 0.25) is 0 Å². The van der Waals surface area contributed by atoms with Gasteiger partial charge in [0.05, 0.1) is 6.10 Å². The molecule has 2 N–H and O–H groups in total. The lowest BCUT2D eigenvalue weighted by Gasteiger charge is -2.24. The number of ether oxygens (including phenoxy) is 2. The highest BCUT2D eigenvalue weighted by molar-refractivity contribution is 14.0. The topological polar surface area (TPSA) is 58.1 Å². The molecule has 2 rings (SSSR count). The summed E-state index contributed by atoms with van der Waals surface area (Å²) in [7, 11) is 0. The van der Waals surface area contributed by atoms with Crippen molar-refractivity contribution in [1.29, 1.82) is 0 Å². The van der Waals surface area contributed by atoms with Crippen LogP contribution in [0.4, 0.5) is 5.69 Å². The smallest absolute Gasteiger partial charge is 0.191 e. The number of nitrogens with zero attached hydrogens (tertiary/aromatic N) is 2. The van der Waals surface area contributed by atoms with Gasteiger partial charge >= 0.3 is 0 Å². The van der Waals surface area contributed by atoms with E-state index in [1.54, 1.807) is 0 Å². The summed E-state index contributed by atoms with van der Waals surface area (Å²) in [6.07, 6.45) is 3.34. The lowest BCUT2D eigenvalue weighted by Crippen LogP contribution is -2.41. The molecule has 0 atom stereocenters. The predicted octanol–water partition coefficient (Wildman–Crippen LogP) is 3.58. The van der Waals surface area contributed by atoms with Crippen molar-refractivity contribution in [1.82, 2.24) is 10.6 Å². The van der Waals surface area contributed by atoms with Crippen LogP contribution >= 0.6 is 24.0 Å². The van der Waals surface area contributed by atoms with Gasteiger partial charge in [0.25, 0.3) is 0 Å². The Balaban J connectivity index is 0.00000420. The second-order valence-corrected chi connectivity index (χ2v) is 7.14. The first-order chi connectivity index (χ1) is 13.7. The molecule has 0 spiro atoms. The maximum atomic E-state index is 5.91. The van der Waals surface area contributed by atoms with E-state index >= 15 is 0 Å². The normalized spacial score (nSPS) is 14.9. The number of rotatable bonds is 11. The van der Waals surface area contributed by atoms with E-state index in [9.17, 15) is 0 Å². The van der Waals surface area contributed by atoms with Crippen molar-refractivity contribution in [3.8, 4) is 0 Å². The van der Waals surface area contributed by atoms with Crippen molar-refractivity contribution in [2.45, 2.75) is 46.1 Å². The summed E-state index contributed by atoms with van der Waals surface area (Å²) in [5.74, 6) is 0.883. The van der Waals surface area contributed by atoms with E-state index in [0.29, 0.717) is 6.10 Å². The molecule has 1 fully saturated rings. The second-order valence-electron chi connectivity index (χ2n) is 7.14. The number of halogens is 1. The minimum atomic E-state index is 0. The molecule has 0 radical (unpaired) electrons. The van der Waals surface area contributed by atoms with Gasteiger partial charge in [-0.15, -0.1) is 24.0 Å². The van der Waals surface area contributed by atoms with Gasteiger partial charge in [-0.25, -0.2) is 0 Å². The quantitative estimate of drug-likeness (QED) is 0.203. The Bertz CT molecular complexity index is 580. The van der Waals surface area contributed by atoms with Crippen LogP contribution in [0.25, 0.3) is 0 Å². The molecule has 0 amide bonds. The third-order valence-electron chi connectivity index (χ3n) is 4.86. The minimum Gasteiger partial charge on any atom is -0.381 e. The minimum absolute atomic E-state index is 0. The van der Waals surface area contributed by atoms with Gasteiger partial charge in [-0.05, 0) is 57.7 Å². The van der Waals surface area contributed by atoms with Gasteiger partial charge in [-0.3, -0.25) is 4.99 Å². The maximum Gasteiger partial charge on any atom is 0.191 e. The number of likely N-dealkylation sites (N-methyl/N-ethyl adjacent to an activating group) is 1. The van der Waals surface area contributed by atoms with Gasteiger partial charge in [0.1, 0.15) is 0 Å². The van der Waals surface area contributed by atoms with Crippen LogP contribution < -0.4 is 15.5 Å². The van der Waals surface area contributed by atoms with Crippen LogP contribution in [0, 0.1) is 6.92 Å². The van der Waals surface area contributed by atoms with Crippen LogP contribution in [0.3, 0.4) is 0 Å². The van der Waals surface area contributed by atoms with Crippen molar-refractivity contribution >= 4 is 35.6 Å². The molecule has 1 aromatic carbocycles. The fourth-order valence-electron chi connectivity index (χ4n) is 3.29. The molecule has 0 unspecified atom stereocenters. The Morgan fingerprint density at radius 2 is 2.03 bits per heavy atom. The molecule has 1 aromatic rings. The van der Waals surface area contributed by atoms with E-state index in [1.165, 1.54) is 11.3 Å². The van der Waals surface area contributed by atoms with E-state index in [2.05, 4.69) is 65.6 Å². The molecule has 6 nitrogen and oxygen atoms in total. The third-order valence-corrected chi connectivity index (χ3v) is 4.86. The number of anilines is 1. The molecule has 29 heavy (non-hydrogen) atoms. The predicted molar refractivity (Wildman–Crippen MR) is 133 cm³/mol. The average Bonchev–Trinajstić information content (AvgIpc) is 2.71. The zero-order valence-electron chi connectivity index (χ0n) is 18.3. The molecule has 1 saturated heterocycles. The number of hydrogen-bond donors (Lipinski definition) is 2. The average molecular weight is 518 g/mol. The van der Waals surface area contributed by atoms with Gasteiger partial charge in [0.2, 0.25) is 0 Å². The lowest BCUT2D eigenvalue weighted by atomic mass is 10.1. The van der Waals surface area contributed by atoms with Crippen LogP contribution in [0.15, 0.2) is 29.3 Å². The first-order valence-corrected chi connectivity index (χ1v) is 10.8. The molecule has 1 aliphatic heterocycles. The zero-order chi connectivity index (χ0) is 20.0. The van der Waals surface area contributed by atoms with E-state index in [4.69, 9.17) is 9.47 Å². The highest BCUT2D eigenvalue weighted by Gasteiger charge is 2.13. The summed E-state index contributed by atoms with van der Waals surface area (Å²) < 4.78 is 11.3. The van der Waals surface area contributed by atoms with E-state index in [-0.39, 0.29) is 24.0 Å². The molecule has 1 heterocycles. The van der Waals surface area contributed by atoms with Crippen LogP contribution in [0.1, 0.15) is 38.7 Å². The highest BCUT2D eigenvalue weighted by Crippen LogP contribution is 2.15. The van der Waals surface area contributed by atoms with Gasteiger partial charge < -0.3 is 25.0 Å². The van der Waals surface area contributed by atoms with Crippen molar-refractivity contribution in [2.75, 3.05) is 57.4 Å². The van der Waals surface area contributed by atoms with Crippen LogP contribution in [0.5, 0.6) is 0 Å². The summed E-state index contributed by atoms with van der Waals surface area (Å²) in [5, 5.41) is 6.78. The molecule has 0 saturated carbocycles. The molecule has 0 aliphatic carbocycles. The molecule has 0 aromatic heterocycles. The molecule has 166 valence electrons. The Morgan fingerprint density at radius 1 is 1.24 bits per heavy atom. The Labute approximate surface area is 193 Å². The van der Waals surface area contributed by atoms with Crippen molar-refractivity contribution in [3.63, 3.8) is 0 Å². The number of guanidine groups is 1. The Kier molecular flexibility index (Phi) is 14.1. The van der Waals surface area contributed by atoms with E-state index < -0.39 is 0 Å². The van der Waals surface area contributed by atoms with Crippen LogP contribution in [-0.2, 0) is 9.47 Å². The first-order valence-electron chi connectivity index (χ1n) is 10.8. The SMILES string of the molecule is CCNC(=NCCCOC1CCOCC1)NCCN(CC)c1cccc(C)c1.I. The van der Waals surface area contributed by atoms with Gasteiger partial charge in [0, 0.05) is 58.2 Å². The number of nitrogens with one attached hydrogen (secondary N) is 2. The van der Waals surface area contributed by atoms with Gasteiger partial charge in [0.15, 0.2) is 5.96 Å². The lowest BCUT2D eigenvalue weighted by molar-refractivity contribution is -0.0318. The van der Waals surface area contributed by atoms with E-state index in [1.807, 2.05) is 0 Å². The summed E-state index contributed by atoms with van der Waals surface area (Å²) >= 11 is 0. The van der Waals surface area contributed by atoms with Crippen LogP contribution in [-0.4, -0.2) is 64.6 Å². The fourth-order valence-corrected chi connectivity index (χ4v) is 3.29. The second kappa shape index (κ2) is 15.7. The molecule has 1 aliphatic rings. The number of hydrogen-bond acceptors (Lipinski definition) is 4. The summed E-state index contributed by atoms with van der Waals surface area (Å²) in [6.45, 7) is 13.3. The third kappa shape index (κ3) is 10.5. The van der Waals surface area contributed by atoms with Crippen molar-refractivity contribution in [2.24, 2.45) is 4.99 Å². The monoisotopic (exact) mass is 518 g/mol. The summed E-state index contributed by atoms with van der Waals surface area (Å²) in [4.78, 5) is 7.06. The fraction of sp³-hybridized carbons (Fsp3) is 0.682. The molecule has 7 heteroatoms. The summed E-state index contributed by atoms with van der Waals surface area (Å²) in [6, 6.07) is 8.67. The van der Waals surface area contributed by atoms with Crippen molar-refractivity contribution in [3.05, 3.63) is 29.8 Å². The maximum absolute atomic E-state index is 5.91. The standard InChI is InChI=1S/C22H38N4O2.HI/c1-4-23-22(24-12-7-15-28-21-10-16-27-17-11-21)25-13-14-26(5-2)20-9-6-8-19(3)18-20;/h6,8-9,18,21H,4-5,7,10-17H2,1-3H3,(H2,23,24,25);1H. The Morgan fingerprint density at radius 3 is 2.72 bits per heavy atom. The zero-order valence-corrected chi connectivity index (χ0v) is 20.6. The van der Waals surface area contributed by atoms with Gasteiger partial charge in [-0.1, -0.05) is 12.1 Å². The molecule has 0 bridgehead atoms.